The van der Waals surface area contributed by atoms with Crippen molar-refractivity contribution in [3.63, 3.8) is 0 Å². The third kappa shape index (κ3) is 3.10. The molecule has 32 heavy (non-hydrogen) atoms. The molecule has 2 heterocycles. The van der Waals surface area contributed by atoms with Crippen molar-refractivity contribution < 1.29 is 4.42 Å². The van der Waals surface area contributed by atoms with Gasteiger partial charge in [0.05, 0.1) is 0 Å². The van der Waals surface area contributed by atoms with Crippen LogP contribution in [0.4, 0.5) is 0 Å². The summed E-state index contributed by atoms with van der Waals surface area (Å²) in [5, 5.41) is 2.54. The highest BCUT2D eigenvalue weighted by Crippen LogP contribution is 2.53. The minimum absolute atomic E-state index is 0.108. The first-order valence-electron chi connectivity index (χ1n) is 12.0. The average Bonchev–Trinajstić information content (AvgIpc) is 3.13. The molecule has 1 aliphatic carbocycles. The van der Waals surface area contributed by atoms with Gasteiger partial charge in [0, 0.05) is 22.5 Å². The highest BCUT2D eigenvalue weighted by Gasteiger charge is 2.41. The number of fused-ring (bicyclic) bond motifs is 5. The maximum Gasteiger partial charge on any atom is 0.161 e. The first kappa shape index (κ1) is 21.2. The molecule has 2 heteroatoms. The van der Waals surface area contributed by atoms with Gasteiger partial charge in [0.15, 0.2) is 5.58 Å². The van der Waals surface area contributed by atoms with E-state index < -0.39 is 0 Å². The summed E-state index contributed by atoms with van der Waals surface area (Å²) in [5.74, 6) is 0.564. The standard InChI is InChI=1S/C30H35NO/c1-18(2)17-22-19(3)24-25(30(6,7)15-14-29(24,4)5)23-21-13-16-31-26(28(21)32-27(22)23)20-11-9-8-10-12-20/h8-13,16,18H,14-15,17H2,1-7H3. The fourth-order valence-electron chi connectivity index (χ4n) is 5.97. The van der Waals surface area contributed by atoms with Crippen LogP contribution in [0, 0.1) is 12.8 Å². The van der Waals surface area contributed by atoms with Crippen LogP contribution in [-0.4, -0.2) is 4.98 Å². The molecule has 0 N–H and O–H groups in total. The molecule has 2 aromatic carbocycles. The number of pyridine rings is 1. The fourth-order valence-corrected chi connectivity index (χ4v) is 5.97. The van der Waals surface area contributed by atoms with Crippen molar-refractivity contribution in [1.82, 2.24) is 4.98 Å². The molecule has 0 saturated carbocycles. The first-order valence-corrected chi connectivity index (χ1v) is 12.0. The molecule has 0 aliphatic heterocycles. The minimum atomic E-state index is 0.108. The molecule has 5 rings (SSSR count). The predicted molar refractivity (Wildman–Crippen MR) is 136 cm³/mol. The van der Waals surface area contributed by atoms with E-state index in [1.54, 1.807) is 5.56 Å². The van der Waals surface area contributed by atoms with Crippen molar-refractivity contribution in [2.24, 2.45) is 5.92 Å². The van der Waals surface area contributed by atoms with Crippen LogP contribution < -0.4 is 0 Å². The van der Waals surface area contributed by atoms with E-state index in [1.807, 2.05) is 12.3 Å². The summed E-state index contributed by atoms with van der Waals surface area (Å²) in [7, 11) is 0. The molecule has 0 amide bonds. The van der Waals surface area contributed by atoms with Crippen LogP contribution in [0.3, 0.4) is 0 Å². The van der Waals surface area contributed by atoms with Crippen molar-refractivity contribution in [2.75, 3.05) is 0 Å². The van der Waals surface area contributed by atoms with Gasteiger partial charge in [-0.15, -0.1) is 0 Å². The number of hydrogen-bond donors (Lipinski definition) is 0. The molecule has 166 valence electrons. The normalized spacial score (nSPS) is 17.2. The van der Waals surface area contributed by atoms with Crippen molar-refractivity contribution in [2.45, 2.75) is 78.6 Å². The van der Waals surface area contributed by atoms with E-state index in [1.165, 1.54) is 40.3 Å². The molecule has 2 nitrogen and oxygen atoms in total. The number of hydrogen-bond acceptors (Lipinski definition) is 2. The Morgan fingerprint density at radius 2 is 1.56 bits per heavy atom. The zero-order valence-corrected chi connectivity index (χ0v) is 20.6. The Labute approximate surface area is 192 Å². The second-order valence-electron chi connectivity index (χ2n) is 11.4. The number of nitrogens with zero attached hydrogens (tertiary/aromatic N) is 1. The molecule has 0 fully saturated rings. The quantitative estimate of drug-likeness (QED) is 0.329. The molecule has 0 saturated heterocycles. The second kappa shape index (κ2) is 7.20. The average molecular weight is 426 g/mol. The Morgan fingerprint density at radius 1 is 0.906 bits per heavy atom. The Morgan fingerprint density at radius 3 is 2.22 bits per heavy atom. The summed E-state index contributed by atoms with van der Waals surface area (Å²) in [6.45, 7) is 16.6. The third-order valence-electron chi connectivity index (χ3n) is 7.59. The Bertz CT molecular complexity index is 1320. The second-order valence-corrected chi connectivity index (χ2v) is 11.4. The summed E-state index contributed by atoms with van der Waals surface area (Å²) >= 11 is 0. The van der Waals surface area contributed by atoms with E-state index in [0.29, 0.717) is 5.92 Å². The highest BCUT2D eigenvalue weighted by atomic mass is 16.3. The summed E-state index contributed by atoms with van der Waals surface area (Å²) in [6.07, 6.45) is 5.39. The first-order chi connectivity index (χ1) is 15.1. The number of furan rings is 1. The number of rotatable bonds is 3. The summed E-state index contributed by atoms with van der Waals surface area (Å²) in [6, 6.07) is 12.6. The van der Waals surface area contributed by atoms with Gasteiger partial charge in [-0.3, -0.25) is 4.98 Å². The lowest BCUT2D eigenvalue weighted by Gasteiger charge is -2.44. The molecule has 4 aromatic rings. The van der Waals surface area contributed by atoms with Crippen LogP contribution in [0.2, 0.25) is 0 Å². The van der Waals surface area contributed by atoms with E-state index >= 15 is 0 Å². The Balaban J connectivity index is 1.99. The molecule has 0 radical (unpaired) electrons. The van der Waals surface area contributed by atoms with Crippen LogP contribution in [0.5, 0.6) is 0 Å². The van der Waals surface area contributed by atoms with Crippen LogP contribution >= 0.6 is 0 Å². The van der Waals surface area contributed by atoms with Crippen LogP contribution in [0.25, 0.3) is 33.2 Å². The van der Waals surface area contributed by atoms with Crippen LogP contribution in [0.1, 0.15) is 76.6 Å². The van der Waals surface area contributed by atoms with E-state index in [2.05, 4.69) is 78.8 Å². The van der Waals surface area contributed by atoms with E-state index in [9.17, 15) is 0 Å². The predicted octanol–water partition coefficient (Wildman–Crippen LogP) is 8.50. The molecule has 2 aromatic heterocycles. The van der Waals surface area contributed by atoms with Crippen molar-refractivity contribution in [1.29, 1.82) is 0 Å². The minimum Gasteiger partial charge on any atom is -0.453 e. The van der Waals surface area contributed by atoms with Crippen molar-refractivity contribution >= 4 is 21.9 Å². The maximum absolute atomic E-state index is 6.82. The smallest absolute Gasteiger partial charge is 0.161 e. The topological polar surface area (TPSA) is 26.0 Å². The maximum atomic E-state index is 6.82. The van der Waals surface area contributed by atoms with Gasteiger partial charge in [0.25, 0.3) is 0 Å². The third-order valence-corrected chi connectivity index (χ3v) is 7.59. The molecular formula is C30H35NO. The van der Waals surface area contributed by atoms with Gasteiger partial charge in [-0.25, -0.2) is 0 Å². The van der Waals surface area contributed by atoms with Gasteiger partial charge in [-0.05, 0) is 71.3 Å². The summed E-state index contributed by atoms with van der Waals surface area (Å²) in [4.78, 5) is 4.77. The SMILES string of the molecule is Cc1c2c(c3c(oc4c(-c5ccccc5)nccc43)c1CC(C)C)C(C)(C)CCC2(C)C. The molecule has 0 bridgehead atoms. The monoisotopic (exact) mass is 425 g/mol. The van der Waals surface area contributed by atoms with E-state index in [-0.39, 0.29) is 10.8 Å². The number of benzene rings is 2. The Hall–Kier alpha value is -2.61. The van der Waals surface area contributed by atoms with Crippen LogP contribution in [-0.2, 0) is 17.3 Å². The van der Waals surface area contributed by atoms with Gasteiger partial charge in [-0.1, -0.05) is 71.9 Å². The lowest BCUT2D eigenvalue weighted by Crippen LogP contribution is -2.35. The van der Waals surface area contributed by atoms with Crippen molar-refractivity contribution in [3.05, 3.63) is 64.8 Å². The highest BCUT2D eigenvalue weighted by molar-refractivity contribution is 6.12. The zero-order valence-electron chi connectivity index (χ0n) is 20.6. The molecule has 1 aliphatic rings. The van der Waals surface area contributed by atoms with Gasteiger partial charge in [0.1, 0.15) is 11.3 Å². The van der Waals surface area contributed by atoms with E-state index in [0.717, 1.165) is 28.8 Å². The lowest BCUT2D eigenvalue weighted by atomic mass is 9.60. The molecule has 0 unspecified atom stereocenters. The van der Waals surface area contributed by atoms with E-state index in [4.69, 9.17) is 9.40 Å². The summed E-state index contributed by atoms with van der Waals surface area (Å²) < 4.78 is 6.82. The largest absolute Gasteiger partial charge is 0.453 e. The summed E-state index contributed by atoms with van der Waals surface area (Å²) in [5.41, 5.74) is 10.2. The van der Waals surface area contributed by atoms with Crippen molar-refractivity contribution in [3.8, 4) is 11.3 Å². The molecular weight excluding hydrogens is 390 g/mol. The lowest BCUT2D eigenvalue weighted by molar-refractivity contribution is 0.332. The van der Waals surface area contributed by atoms with Crippen LogP contribution in [0.15, 0.2) is 47.0 Å². The molecule has 0 spiro atoms. The van der Waals surface area contributed by atoms with Gasteiger partial charge in [-0.2, -0.15) is 0 Å². The van der Waals surface area contributed by atoms with Gasteiger partial charge < -0.3 is 4.42 Å². The molecule has 0 atom stereocenters. The fraction of sp³-hybridized carbons (Fsp3) is 0.433. The van der Waals surface area contributed by atoms with Gasteiger partial charge >= 0.3 is 0 Å². The Kier molecular flexibility index (Phi) is 4.78. The van der Waals surface area contributed by atoms with Gasteiger partial charge in [0.2, 0.25) is 0 Å². The number of aromatic nitrogens is 1. The zero-order chi connectivity index (χ0) is 22.8.